The standard InChI is InChI=1S/C21H24N2O9S2/c1-3-34(29,30)20(11-15-10-16(23(27)28)6-9-18(15)32-21(25)26)22-19(12-24)33-13-14-4-7-17(31-2)8-5-14/h4-10,20,24H,3,11-13H2,1-2H3,(H,25,26)/t20-/m0/s1. The largest absolute Gasteiger partial charge is 0.511 e. The highest BCUT2D eigenvalue weighted by atomic mass is 32.2. The first kappa shape index (κ1) is 27.1. The molecule has 13 heteroatoms. The first-order chi connectivity index (χ1) is 16.1. The molecule has 0 saturated carbocycles. The Morgan fingerprint density at radius 1 is 1.24 bits per heavy atom. The van der Waals surface area contributed by atoms with E-state index in [1.165, 1.54) is 6.92 Å². The monoisotopic (exact) mass is 512 g/mol. The van der Waals surface area contributed by atoms with Crippen LogP contribution in [0, 0.1) is 10.1 Å². The van der Waals surface area contributed by atoms with Gasteiger partial charge >= 0.3 is 6.16 Å². The van der Waals surface area contributed by atoms with Gasteiger partial charge in [0.2, 0.25) is 0 Å². The van der Waals surface area contributed by atoms with Crippen LogP contribution < -0.4 is 9.47 Å². The van der Waals surface area contributed by atoms with Gasteiger partial charge in [0.05, 0.1) is 23.7 Å². The Hall–Kier alpha value is -3.16. The fourth-order valence-corrected chi connectivity index (χ4v) is 4.83. The lowest BCUT2D eigenvalue weighted by Gasteiger charge is -2.16. The molecule has 0 aliphatic heterocycles. The summed E-state index contributed by atoms with van der Waals surface area (Å²) in [5.74, 6) is 0.552. The van der Waals surface area contributed by atoms with Gasteiger partial charge in [-0.25, -0.2) is 13.2 Å². The molecule has 2 rings (SSSR count). The zero-order valence-electron chi connectivity index (χ0n) is 18.4. The molecule has 0 aliphatic rings. The van der Waals surface area contributed by atoms with Crippen LogP contribution in [0.3, 0.4) is 0 Å². The number of nitro benzene ring substituents is 1. The van der Waals surface area contributed by atoms with Crippen LogP contribution in [0.15, 0.2) is 47.5 Å². The number of hydrogen-bond donors (Lipinski definition) is 2. The summed E-state index contributed by atoms with van der Waals surface area (Å²) in [7, 11) is -2.29. The lowest BCUT2D eigenvalue weighted by atomic mass is 10.1. The fourth-order valence-electron chi connectivity index (χ4n) is 2.84. The van der Waals surface area contributed by atoms with Crippen LogP contribution in [0.5, 0.6) is 11.5 Å². The topological polar surface area (TPSA) is 166 Å². The van der Waals surface area contributed by atoms with Crippen LogP contribution in [-0.2, 0) is 22.0 Å². The van der Waals surface area contributed by atoms with Gasteiger partial charge in [-0.2, -0.15) is 0 Å². The van der Waals surface area contributed by atoms with Crippen molar-refractivity contribution in [1.29, 1.82) is 0 Å². The van der Waals surface area contributed by atoms with E-state index in [-0.39, 0.29) is 34.2 Å². The van der Waals surface area contributed by atoms with Crippen molar-refractivity contribution in [2.24, 2.45) is 4.99 Å². The summed E-state index contributed by atoms with van der Waals surface area (Å²) in [5, 5.41) is 28.6. The van der Waals surface area contributed by atoms with E-state index in [1.807, 2.05) is 12.1 Å². The molecule has 2 aromatic rings. The van der Waals surface area contributed by atoms with Gasteiger partial charge in [-0.1, -0.05) is 19.1 Å². The molecule has 0 heterocycles. The van der Waals surface area contributed by atoms with Crippen LogP contribution in [-0.4, -0.2) is 59.6 Å². The molecule has 34 heavy (non-hydrogen) atoms. The zero-order valence-corrected chi connectivity index (χ0v) is 20.0. The van der Waals surface area contributed by atoms with Gasteiger partial charge in [-0.05, 0) is 23.8 Å². The highest BCUT2D eigenvalue weighted by Crippen LogP contribution is 2.28. The van der Waals surface area contributed by atoms with Gasteiger partial charge < -0.3 is 19.7 Å². The summed E-state index contributed by atoms with van der Waals surface area (Å²) in [6, 6.07) is 10.4. The maximum absolute atomic E-state index is 12.7. The number of thioether (sulfide) groups is 1. The Bertz CT molecular complexity index is 1150. The van der Waals surface area contributed by atoms with Crippen molar-refractivity contribution in [2.75, 3.05) is 19.5 Å². The number of methoxy groups -OCH3 is 1. The molecule has 2 aromatic carbocycles. The first-order valence-corrected chi connectivity index (χ1v) is 12.6. The number of rotatable bonds is 11. The molecule has 11 nitrogen and oxygen atoms in total. The van der Waals surface area contributed by atoms with E-state index >= 15 is 0 Å². The smallest absolute Gasteiger partial charge is 0.497 e. The summed E-state index contributed by atoms with van der Waals surface area (Å²) in [6.45, 7) is 0.896. The van der Waals surface area contributed by atoms with Crippen molar-refractivity contribution < 1.29 is 37.8 Å². The third-order valence-electron chi connectivity index (χ3n) is 4.65. The molecule has 0 amide bonds. The average Bonchev–Trinajstić information content (AvgIpc) is 2.81. The van der Waals surface area contributed by atoms with Crippen molar-refractivity contribution >= 4 is 38.5 Å². The summed E-state index contributed by atoms with van der Waals surface area (Å²) in [6.07, 6.45) is -2.04. The number of carboxylic acid groups (broad SMARTS) is 1. The van der Waals surface area contributed by atoms with Crippen LogP contribution in [0.4, 0.5) is 10.5 Å². The highest BCUT2D eigenvalue weighted by molar-refractivity contribution is 8.13. The second-order valence-corrected chi connectivity index (χ2v) is 10.3. The molecule has 0 spiro atoms. The van der Waals surface area contributed by atoms with E-state index in [0.29, 0.717) is 11.5 Å². The number of sulfone groups is 1. The molecule has 0 aliphatic carbocycles. The Balaban J connectivity index is 2.37. The molecule has 0 fully saturated rings. The fraction of sp³-hybridized carbons (Fsp3) is 0.333. The molecule has 0 unspecified atom stereocenters. The van der Waals surface area contributed by atoms with E-state index in [4.69, 9.17) is 9.84 Å². The normalized spacial score (nSPS) is 12.7. The van der Waals surface area contributed by atoms with Crippen LogP contribution in [0.1, 0.15) is 18.1 Å². The maximum atomic E-state index is 12.7. The number of aliphatic hydroxyl groups excluding tert-OH is 1. The van der Waals surface area contributed by atoms with E-state index in [2.05, 4.69) is 9.73 Å². The number of carbonyl (C=O) groups is 1. The van der Waals surface area contributed by atoms with E-state index < -0.39 is 32.9 Å². The van der Waals surface area contributed by atoms with Gasteiger partial charge in [0.25, 0.3) is 5.69 Å². The molecule has 184 valence electrons. The predicted octanol–water partition coefficient (Wildman–Crippen LogP) is 3.29. The van der Waals surface area contributed by atoms with Crippen molar-refractivity contribution in [1.82, 2.24) is 0 Å². The summed E-state index contributed by atoms with van der Waals surface area (Å²) < 4.78 is 35.3. The SMILES string of the molecule is CCS(=O)(=O)[C@@H](Cc1cc([N+](=O)[O-])ccc1OC(=O)O)N=C(CO)SCc1ccc(OC)cc1. The minimum atomic E-state index is -3.84. The number of aliphatic hydroxyl groups is 1. The number of non-ortho nitro benzene ring substituents is 1. The Labute approximate surface area is 200 Å². The van der Waals surface area contributed by atoms with Crippen molar-refractivity contribution in [2.45, 2.75) is 24.5 Å². The lowest BCUT2D eigenvalue weighted by Crippen LogP contribution is -2.26. The van der Waals surface area contributed by atoms with E-state index in [1.54, 1.807) is 19.2 Å². The maximum Gasteiger partial charge on any atom is 0.511 e. The molecule has 0 saturated heterocycles. The minimum absolute atomic E-state index is 0.0141. The third-order valence-corrected chi connectivity index (χ3v) is 7.60. The third kappa shape index (κ3) is 7.71. The Morgan fingerprint density at radius 2 is 1.91 bits per heavy atom. The number of benzene rings is 2. The van der Waals surface area contributed by atoms with Gasteiger partial charge in [0.1, 0.15) is 11.5 Å². The lowest BCUT2D eigenvalue weighted by molar-refractivity contribution is -0.384. The van der Waals surface area contributed by atoms with Crippen molar-refractivity contribution in [3.8, 4) is 11.5 Å². The number of aliphatic imine (C=N–C) groups is 1. The predicted molar refractivity (Wildman–Crippen MR) is 128 cm³/mol. The number of nitro groups is 1. The van der Waals surface area contributed by atoms with Gasteiger partial charge in [0, 0.05) is 35.6 Å². The second kappa shape index (κ2) is 12.3. The molecular formula is C21H24N2O9S2. The molecule has 0 bridgehead atoms. The van der Waals surface area contributed by atoms with Crippen LogP contribution in [0.25, 0.3) is 0 Å². The van der Waals surface area contributed by atoms with Gasteiger partial charge in [-0.15, -0.1) is 11.8 Å². The van der Waals surface area contributed by atoms with Crippen molar-refractivity contribution in [3.63, 3.8) is 0 Å². The number of hydrogen-bond acceptors (Lipinski definition) is 10. The average molecular weight is 513 g/mol. The number of nitrogens with zero attached hydrogens (tertiary/aromatic N) is 2. The minimum Gasteiger partial charge on any atom is -0.497 e. The quantitative estimate of drug-likeness (QED) is 0.114. The molecular weight excluding hydrogens is 488 g/mol. The van der Waals surface area contributed by atoms with Crippen LogP contribution >= 0.6 is 11.8 Å². The zero-order chi connectivity index (χ0) is 25.3. The molecule has 0 aromatic heterocycles. The van der Waals surface area contributed by atoms with E-state index in [0.717, 1.165) is 35.5 Å². The molecule has 2 N–H and O–H groups in total. The van der Waals surface area contributed by atoms with Gasteiger partial charge in [0.15, 0.2) is 15.2 Å². The summed E-state index contributed by atoms with van der Waals surface area (Å²) >= 11 is 1.14. The second-order valence-electron chi connectivity index (χ2n) is 6.85. The van der Waals surface area contributed by atoms with Crippen molar-refractivity contribution in [3.05, 3.63) is 63.7 Å². The van der Waals surface area contributed by atoms with Crippen LogP contribution in [0.2, 0.25) is 0 Å². The first-order valence-electron chi connectivity index (χ1n) is 9.92. The van der Waals surface area contributed by atoms with Gasteiger partial charge in [-0.3, -0.25) is 15.1 Å². The summed E-state index contributed by atoms with van der Waals surface area (Å²) in [5.41, 5.74) is 0.512. The van der Waals surface area contributed by atoms with E-state index in [9.17, 15) is 28.4 Å². The molecule has 1 atom stereocenters. The summed E-state index contributed by atoms with van der Waals surface area (Å²) in [4.78, 5) is 25.7. The Morgan fingerprint density at radius 3 is 2.44 bits per heavy atom. The molecule has 0 radical (unpaired) electrons. The highest BCUT2D eigenvalue weighted by Gasteiger charge is 2.27. The Kier molecular flexibility index (Phi) is 9.83. The number of ether oxygens (including phenoxy) is 2.